The zero-order valence-corrected chi connectivity index (χ0v) is 35.8. The molecule has 0 spiro atoms. The van der Waals surface area contributed by atoms with Gasteiger partial charge in [-0.15, -0.1) is 0 Å². The van der Waals surface area contributed by atoms with Gasteiger partial charge in [-0.3, -0.25) is 0 Å². The van der Waals surface area contributed by atoms with Gasteiger partial charge in [-0.2, -0.15) is 0 Å². The molecule has 298 valence electrons. The van der Waals surface area contributed by atoms with E-state index in [1.807, 2.05) is 11.1 Å². The fraction of sp³-hybridized carbons (Fsp3) is 0.564. The maximum absolute atomic E-state index is 2.79. The van der Waals surface area contributed by atoms with Gasteiger partial charge in [0, 0.05) is 50.9 Å². The van der Waals surface area contributed by atoms with Gasteiger partial charge >= 0.3 is 0 Å². The number of allylic oxidation sites excluding steroid dienone is 10. The summed E-state index contributed by atoms with van der Waals surface area (Å²) < 4.78 is 2.71. The van der Waals surface area contributed by atoms with E-state index < -0.39 is 0 Å². The standard InChI is InChI=1S/C55H68N2/c1-35-31-41(34-50-53(35)45-19-10-13-21-48(45)55(50,4)5)56(40-28-29-43-42-17-9-12-20-47(42)54(2,3)49(43)33-40)39-26-23-36(24-27-39)37-25-30-52-46(32-37)44-18-11-14-22-51(44)57(52)38-15-7-6-8-16-38/h11,14,18,22-23,25-28,30-33,35-36,38,42-43,47,50,53H,6-10,12-13,15-17,19-21,24,29,34H2,1-5H3. The van der Waals surface area contributed by atoms with Gasteiger partial charge in [0.05, 0.1) is 0 Å². The number of benzene rings is 2. The maximum Gasteiger partial charge on any atom is 0.0494 e. The van der Waals surface area contributed by atoms with Gasteiger partial charge in [0.25, 0.3) is 0 Å². The lowest BCUT2D eigenvalue weighted by atomic mass is 9.66. The molecule has 57 heavy (non-hydrogen) atoms. The van der Waals surface area contributed by atoms with Crippen molar-refractivity contribution in [2.75, 3.05) is 0 Å². The summed E-state index contributed by atoms with van der Waals surface area (Å²) in [6.07, 6.45) is 37.2. The molecule has 3 saturated carbocycles. The van der Waals surface area contributed by atoms with Crippen LogP contribution in [0.2, 0.25) is 0 Å². The van der Waals surface area contributed by atoms with E-state index in [1.54, 1.807) is 11.3 Å². The van der Waals surface area contributed by atoms with Gasteiger partial charge in [0.1, 0.15) is 0 Å². The summed E-state index contributed by atoms with van der Waals surface area (Å²) >= 11 is 0. The molecule has 0 N–H and O–H groups in total. The molecule has 7 atom stereocenters. The highest BCUT2D eigenvalue weighted by Crippen LogP contribution is 2.63. The van der Waals surface area contributed by atoms with Crippen LogP contribution in [0.4, 0.5) is 0 Å². The highest BCUT2D eigenvalue weighted by molar-refractivity contribution is 6.08. The van der Waals surface area contributed by atoms with Crippen LogP contribution in [0.25, 0.3) is 21.8 Å². The number of aromatic nitrogens is 1. The molecule has 8 aliphatic carbocycles. The van der Waals surface area contributed by atoms with Crippen LogP contribution in [0.3, 0.4) is 0 Å². The predicted molar refractivity (Wildman–Crippen MR) is 240 cm³/mol. The number of nitrogens with zero attached hydrogens (tertiary/aromatic N) is 2. The van der Waals surface area contributed by atoms with Gasteiger partial charge in [-0.1, -0.05) is 132 Å². The first-order chi connectivity index (χ1) is 27.7. The van der Waals surface area contributed by atoms with E-state index in [0.717, 1.165) is 30.1 Å². The first-order valence-electron chi connectivity index (χ1n) is 23.8. The maximum atomic E-state index is 2.79. The third kappa shape index (κ3) is 5.68. The van der Waals surface area contributed by atoms with Crippen LogP contribution >= 0.6 is 0 Å². The smallest absolute Gasteiger partial charge is 0.0494 e. The van der Waals surface area contributed by atoms with Crippen molar-refractivity contribution >= 4 is 21.8 Å². The Kier molecular flexibility index (Phi) is 8.83. The quantitative estimate of drug-likeness (QED) is 0.235. The van der Waals surface area contributed by atoms with E-state index >= 15 is 0 Å². The number of fused-ring (bicyclic) bond motifs is 8. The Morgan fingerprint density at radius 3 is 2.33 bits per heavy atom. The Balaban J connectivity index is 0.948. The summed E-state index contributed by atoms with van der Waals surface area (Å²) in [5.41, 5.74) is 14.8. The highest BCUT2D eigenvalue weighted by Gasteiger charge is 2.54. The van der Waals surface area contributed by atoms with Crippen molar-refractivity contribution in [2.45, 2.75) is 149 Å². The predicted octanol–water partition coefficient (Wildman–Crippen LogP) is 15.3. The van der Waals surface area contributed by atoms with Crippen LogP contribution in [-0.2, 0) is 0 Å². The second kappa shape index (κ2) is 13.8. The zero-order valence-electron chi connectivity index (χ0n) is 35.8. The molecule has 11 rings (SSSR count). The first kappa shape index (κ1) is 36.6. The summed E-state index contributed by atoms with van der Waals surface area (Å²) in [6.45, 7) is 13.0. The normalized spacial score (nSPS) is 33.2. The number of hydrogen-bond donors (Lipinski definition) is 0. The molecule has 1 aromatic heterocycles. The van der Waals surface area contributed by atoms with Crippen molar-refractivity contribution in [1.82, 2.24) is 9.47 Å². The van der Waals surface area contributed by atoms with Crippen molar-refractivity contribution in [3.63, 3.8) is 0 Å². The minimum Gasteiger partial charge on any atom is -0.337 e. The average Bonchev–Trinajstić information content (AvgIpc) is 3.78. The fourth-order valence-corrected chi connectivity index (χ4v) is 15.0. The highest BCUT2D eigenvalue weighted by atomic mass is 15.2. The fourth-order valence-electron chi connectivity index (χ4n) is 15.0. The number of para-hydroxylation sites is 1. The molecule has 0 saturated heterocycles. The molecule has 1 heterocycles. The molecule has 0 bridgehead atoms. The lowest BCUT2D eigenvalue weighted by Gasteiger charge is -2.44. The molecule has 0 radical (unpaired) electrons. The molecular weight excluding hydrogens is 689 g/mol. The third-order valence-corrected chi connectivity index (χ3v) is 17.8. The van der Waals surface area contributed by atoms with E-state index in [1.165, 1.54) is 135 Å². The van der Waals surface area contributed by atoms with E-state index in [-0.39, 0.29) is 10.8 Å². The summed E-state index contributed by atoms with van der Waals surface area (Å²) in [6, 6.07) is 17.3. The topological polar surface area (TPSA) is 8.17 Å². The summed E-state index contributed by atoms with van der Waals surface area (Å²) in [5, 5.41) is 2.87. The largest absolute Gasteiger partial charge is 0.337 e. The Morgan fingerprint density at radius 1 is 0.719 bits per heavy atom. The third-order valence-electron chi connectivity index (χ3n) is 17.8. The SMILES string of the molecule is CC1C=C(N(C2=CCC(c3ccc4c(c3)c3ccccc3n4C3CCCCC3)C=C2)C2=CCC3C(=C2)C(C)(C)C2CCCCC32)CC2C1C1=C(CCCC1)C2(C)C. The molecular formula is C55H68N2. The van der Waals surface area contributed by atoms with Crippen molar-refractivity contribution in [3.05, 3.63) is 118 Å². The Bertz CT molecular complexity index is 2290. The van der Waals surface area contributed by atoms with Gasteiger partial charge in [0.2, 0.25) is 0 Å². The van der Waals surface area contributed by atoms with Crippen molar-refractivity contribution in [3.8, 4) is 0 Å². The molecule has 3 aromatic rings. The number of rotatable bonds is 5. The van der Waals surface area contributed by atoms with Crippen molar-refractivity contribution in [1.29, 1.82) is 0 Å². The lowest BCUT2D eigenvalue weighted by molar-refractivity contribution is 0.162. The Labute approximate surface area is 343 Å². The van der Waals surface area contributed by atoms with E-state index in [4.69, 9.17) is 0 Å². The van der Waals surface area contributed by atoms with Crippen LogP contribution in [0.1, 0.15) is 155 Å². The first-order valence-corrected chi connectivity index (χ1v) is 23.8. The monoisotopic (exact) mass is 757 g/mol. The molecule has 2 aromatic carbocycles. The van der Waals surface area contributed by atoms with E-state index in [9.17, 15) is 0 Å². The summed E-state index contributed by atoms with van der Waals surface area (Å²) in [7, 11) is 0. The molecule has 0 aliphatic heterocycles. The summed E-state index contributed by atoms with van der Waals surface area (Å²) in [5.74, 6) is 4.84. The minimum absolute atomic E-state index is 0.286. The zero-order chi connectivity index (χ0) is 38.6. The average molecular weight is 757 g/mol. The Hall–Kier alpha value is -3.52. The van der Waals surface area contributed by atoms with Crippen LogP contribution in [0, 0.1) is 46.3 Å². The van der Waals surface area contributed by atoms with Crippen LogP contribution in [0.5, 0.6) is 0 Å². The second-order valence-electron chi connectivity index (χ2n) is 21.3. The lowest BCUT2D eigenvalue weighted by Crippen LogP contribution is -2.36. The Morgan fingerprint density at radius 2 is 1.49 bits per heavy atom. The van der Waals surface area contributed by atoms with Crippen LogP contribution in [0.15, 0.2) is 113 Å². The molecule has 8 aliphatic rings. The molecule has 3 fully saturated rings. The second-order valence-corrected chi connectivity index (χ2v) is 21.3. The van der Waals surface area contributed by atoms with Crippen molar-refractivity contribution in [2.24, 2.45) is 46.3 Å². The van der Waals surface area contributed by atoms with Crippen molar-refractivity contribution < 1.29 is 0 Å². The molecule has 7 unspecified atom stereocenters. The summed E-state index contributed by atoms with van der Waals surface area (Å²) in [4.78, 5) is 2.79. The molecule has 2 nitrogen and oxygen atoms in total. The number of hydrogen-bond acceptors (Lipinski definition) is 1. The van der Waals surface area contributed by atoms with E-state index in [2.05, 4.69) is 123 Å². The van der Waals surface area contributed by atoms with Gasteiger partial charge in [-0.05, 0) is 153 Å². The van der Waals surface area contributed by atoms with Crippen LogP contribution < -0.4 is 0 Å². The van der Waals surface area contributed by atoms with E-state index in [0.29, 0.717) is 23.8 Å². The molecule has 2 heteroatoms. The van der Waals surface area contributed by atoms with Gasteiger partial charge in [-0.25, -0.2) is 0 Å². The van der Waals surface area contributed by atoms with Gasteiger partial charge in [0.15, 0.2) is 0 Å². The van der Waals surface area contributed by atoms with Gasteiger partial charge < -0.3 is 9.47 Å². The van der Waals surface area contributed by atoms with Crippen LogP contribution in [-0.4, -0.2) is 9.47 Å². The minimum atomic E-state index is 0.286. The molecule has 0 amide bonds.